The molecule has 2 nitrogen and oxygen atoms in total. The highest BCUT2D eigenvalue weighted by atomic mass is 14.5. The van der Waals surface area contributed by atoms with Crippen molar-refractivity contribution >= 4 is 0 Å². The Morgan fingerprint density at radius 2 is 2.00 bits per heavy atom. The molecule has 0 fully saturated rings. The van der Waals surface area contributed by atoms with Crippen LogP contribution < -0.4 is 11.5 Å². The smallest absolute Gasteiger partial charge is 0.00167 e. The van der Waals surface area contributed by atoms with E-state index in [4.69, 9.17) is 11.5 Å². The molecule has 0 aromatic carbocycles. The summed E-state index contributed by atoms with van der Waals surface area (Å²) in [6, 6.07) is 0. The van der Waals surface area contributed by atoms with E-state index < -0.39 is 0 Å². The highest BCUT2D eigenvalue weighted by molar-refractivity contribution is 5.00. The van der Waals surface area contributed by atoms with Crippen molar-refractivity contribution in [2.75, 3.05) is 13.1 Å². The number of rotatable bonds is 6. The van der Waals surface area contributed by atoms with Crippen LogP contribution in [0.2, 0.25) is 0 Å². The second-order valence-corrected chi connectivity index (χ2v) is 3.47. The van der Waals surface area contributed by atoms with E-state index in [9.17, 15) is 0 Å². The van der Waals surface area contributed by atoms with Crippen LogP contribution in [0.4, 0.5) is 0 Å². The molecule has 0 rings (SSSR count). The van der Waals surface area contributed by atoms with Crippen LogP contribution in [0, 0.1) is 5.92 Å². The summed E-state index contributed by atoms with van der Waals surface area (Å²) in [4.78, 5) is 0. The summed E-state index contributed by atoms with van der Waals surface area (Å²) in [6.45, 7) is 5.86. The molecule has 1 unspecified atom stereocenters. The van der Waals surface area contributed by atoms with Gasteiger partial charge in [-0.15, -0.1) is 0 Å². The van der Waals surface area contributed by atoms with Crippen LogP contribution in [-0.2, 0) is 0 Å². The van der Waals surface area contributed by atoms with Crippen LogP contribution in [-0.4, -0.2) is 13.1 Å². The summed E-state index contributed by atoms with van der Waals surface area (Å²) < 4.78 is 0. The molecule has 0 bridgehead atoms. The van der Waals surface area contributed by atoms with Crippen molar-refractivity contribution in [1.82, 2.24) is 0 Å². The Morgan fingerprint density at radius 1 is 1.33 bits per heavy atom. The monoisotopic (exact) mass is 170 g/mol. The largest absolute Gasteiger partial charge is 0.330 e. The lowest BCUT2D eigenvalue weighted by molar-refractivity contribution is 0.704. The van der Waals surface area contributed by atoms with E-state index >= 15 is 0 Å². The number of unbranched alkanes of at least 4 members (excludes halogenated alkanes) is 1. The fourth-order valence-electron chi connectivity index (χ4n) is 1.19. The molecule has 72 valence electrons. The molecule has 0 amide bonds. The summed E-state index contributed by atoms with van der Waals surface area (Å²) >= 11 is 0. The van der Waals surface area contributed by atoms with Crippen molar-refractivity contribution in [2.45, 2.75) is 33.1 Å². The van der Waals surface area contributed by atoms with Gasteiger partial charge in [0.15, 0.2) is 0 Å². The lowest BCUT2D eigenvalue weighted by Gasteiger charge is -2.04. The number of allylic oxidation sites excluding steroid dienone is 1. The molecule has 0 saturated carbocycles. The molecule has 0 aromatic rings. The molecule has 1 atom stereocenters. The second kappa shape index (κ2) is 7.32. The predicted molar refractivity (Wildman–Crippen MR) is 54.9 cm³/mol. The molecule has 0 heterocycles. The molecule has 0 aliphatic heterocycles. The Morgan fingerprint density at radius 3 is 2.50 bits per heavy atom. The van der Waals surface area contributed by atoms with E-state index in [1.165, 1.54) is 18.4 Å². The molecule has 0 spiro atoms. The van der Waals surface area contributed by atoms with Gasteiger partial charge >= 0.3 is 0 Å². The second-order valence-electron chi connectivity index (χ2n) is 3.47. The van der Waals surface area contributed by atoms with Gasteiger partial charge in [-0.25, -0.2) is 0 Å². The maximum atomic E-state index is 5.51. The molecular weight excluding hydrogens is 148 g/mol. The standard InChI is InChI=1S/C10H22N2/c1-9(5-3-4-6-11)7-10(2)8-12/h7,10H,3-6,8,11-12H2,1-2H3. The number of hydrogen-bond donors (Lipinski definition) is 2. The Labute approximate surface area is 76.0 Å². The maximum Gasteiger partial charge on any atom is -0.00167 e. The summed E-state index contributed by atoms with van der Waals surface area (Å²) in [5.74, 6) is 0.517. The lowest BCUT2D eigenvalue weighted by atomic mass is 10.0. The highest BCUT2D eigenvalue weighted by Gasteiger charge is 1.95. The van der Waals surface area contributed by atoms with Crippen molar-refractivity contribution in [3.8, 4) is 0 Å². The first-order chi connectivity index (χ1) is 5.70. The van der Waals surface area contributed by atoms with Crippen LogP contribution in [0.3, 0.4) is 0 Å². The fourth-order valence-corrected chi connectivity index (χ4v) is 1.19. The average molecular weight is 170 g/mol. The van der Waals surface area contributed by atoms with Gasteiger partial charge in [-0.2, -0.15) is 0 Å². The zero-order valence-corrected chi connectivity index (χ0v) is 8.34. The van der Waals surface area contributed by atoms with Gasteiger partial charge in [-0.05, 0) is 45.2 Å². The van der Waals surface area contributed by atoms with Crippen molar-refractivity contribution < 1.29 is 0 Å². The quantitative estimate of drug-likeness (QED) is 0.470. The fraction of sp³-hybridized carbons (Fsp3) is 0.800. The topological polar surface area (TPSA) is 52.0 Å². The Kier molecular flexibility index (Phi) is 7.11. The van der Waals surface area contributed by atoms with E-state index in [1.807, 2.05) is 0 Å². The van der Waals surface area contributed by atoms with E-state index in [2.05, 4.69) is 19.9 Å². The van der Waals surface area contributed by atoms with Gasteiger partial charge in [0.1, 0.15) is 0 Å². The molecule has 0 radical (unpaired) electrons. The van der Waals surface area contributed by atoms with E-state index in [0.717, 1.165) is 19.5 Å². The first-order valence-electron chi connectivity index (χ1n) is 4.78. The Balaban J connectivity index is 3.55. The average Bonchev–Trinajstić information content (AvgIpc) is 2.05. The zero-order chi connectivity index (χ0) is 9.40. The van der Waals surface area contributed by atoms with Gasteiger partial charge in [0, 0.05) is 0 Å². The minimum atomic E-state index is 0.517. The lowest BCUT2D eigenvalue weighted by Crippen LogP contribution is -2.08. The number of hydrogen-bond acceptors (Lipinski definition) is 2. The van der Waals surface area contributed by atoms with E-state index in [1.54, 1.807) is 0 Å². The zero-order valence-electron chi connectivity index (χ0n) is 8.34. The van der Waals surface area contributed by atoms with Crippen molar-refractivity contribution in [3.05, 3.63) is 11.6 Å². The van der Waals surface area contributed by atoms with E-state index in [-0.39, 0.29) is 0 Å². The third-order valence-electron chi connectivity index (χ3n) is 1.97. The molecule has 0 aliphatic carbocycles. The SMILES string of the molecule is CC(=CC(C)CN)CCCCN. The Bertz CT molecular complexity index is 130. The van der Waals surface area contributed by atoms with Crippen LogP contribution in [0.5, 0.6) is 0 Å². The third-order valence-corrected chi connectivity index (χ3v) is 1.97. The minimum Gasteiger partial charge on any atom is -0.330 e. The number of nitrogens with two attached hydrogens (primary N) is 2. The van der Waals surface area contributed by atoms with Crippen molar-refractivity contribution in [2.24, 2.45) is 17.4 Å². The van der Waals surface area contributed by atoms with Gasteiger partial charge in [0.05, 0.1) is 0 Å². The van der Waals surface area contributed by atoms with Gasteiger partial charge in [-0.3, -0.25) is 0 Å². The summed E-state index contributed by atoms with van der Waals surface area (Å²) in [7, 11) is 0. The van der Waals surface area contributed by atoms with Gasteiger partial charge < -0.3 is 11.5 Å². The molecule has 0 aromatic heterocycles. The molecule has 0 saturated heterocycles. The molecule has 0 aliphatic rings. The summed E-state index contributed by atoms with van der Waals surface area (Å²) in [5.41, 5.74) is 12.4. The normalized spacial score (nSPS) is 14.8. The molecule has 2 heteroatoms. The van der Waals surface area contributed by atoms with E-state index in [0.29, 0.717) is 5.92 Å². The van der Waals surface area contributed by atoms with Crippen molar-refractivity contribution in [1.29, 1.82) is 0 Å². The van der Waals surface area contributed by atoms with Crippen LogP contribution in [0.25, 0.3) is 0 Å². The van der Waals surface area contributed by atoms with Gasteiger partial charge in [0.25, 0.3) is 0 Å². The molecule has 12 heavy (non-hydrogen) atoms. The predicted octanol–water partition coefficient (Wildman–Crippen LogP) is 1.66. The van der Waals surface area contributed by atoms with Crippen LogP contribution in [0.15, 0.2) is 11.6 Å². The summed E-state index contributed by atoms with van der Waals surface area (Å²) in [5, 5.41) is 0. The molecule has 4 N–H and O–H groups in total. The van der Waals surface area contributed by atoms with Crippen molar-refractivity contribution in [3.63, 3.8) is 0 Å². The first kappa shape index (κ1) is 11.7. The minimum absolute atomic E-state index is 0.517. The molecular formula is C10H22N2. The maximum absolute atomic E-state index is 5.51. The van der Waals surface area contributed by atoms with Gasteiger partial charge in [0.2, 0.25) is 0 Å². The first-order valence-corrected chi connectivity index (χ1v) is 4.78. The van der Waals surface area contributed by atoms with Crippen LogP contribution in [0.1, 0.15) is 33.1 Å². The van der Waals surface area contributed by atoms with Gasteiger partial charge in [-0.1, -0.05) is 18.6 Å². The third kappa shape index (κ3) is 6.38. The summed E-state index contributed by atoms with van der Waals surface area (Å²) in [6.07, 6.45) is 5.76. The Hall–Kier alpha value is -0.340. The highest BCUT2D eigenvalue weighted by Crippen LogP contribution is 2.08. The van der Waals surface area contributed by atoms with Crippen LogP contribution >= 0.6 is 0 Å².